The fourth-order valence-electron chi connectivity index (χ4n) is 7.40. The summed E-state index contributed by atoms with van der Waals surface area (Å²) in [6.45, 7) is 11.5. The van der Waals surface area contributed by atoms with E-state index in [1.165, 1.54) is 44.1 Å². The van der Waals surface area contributed by atoms with Crippen molar-refractivity contribution in [2.45, 2.75) is 90.6 Å². The average Bonchev–Trinajstić information content (AvgIpc) is 2.42. The van der Waals surface area contributed by atoms with Crippen molar-refractivity contribution in [3.63, 3.8) is 0 Å². The van der Waals surface area contributed by atoms with Crippen LogP contribution in [0, 0.1) is 16.7 Å². The molecule has 4 fully saturated rings. The average molecular weight is 343 g/mol. The van der Waals surface area contributed by atoms with Gasteiger partial charge in [-0.3, -0.25) is 0 Å². The molecule has 2 unspecified atom stereocenters. The summed E-state index contributed by atoms with van der Waals surface area (Å²) >= 11 is 0. The van der Waals surface area contributed by atoms with Crippen LogP contribution >= 0.6 is 0 Å². The highest BCUT2D eigenvalue weighted by Crippen LogP contribution is 2.70. The smallest absolute Gasteiger partial charge is 0.124 e. The van der Waals surface area contributed by atoms with Crippen LogP contribution in [0.5, 0.6) is 5.75 Å². The standard InChI is InChI=1S/C23H34O2/c1-20(2,3)17-6-16(11-24)19(25)18(7-17)23-10-15-8-21(4,13-23)12-22(5,9-15)14-23/h6-7,15,24-25H,8-14H2,1-5H3. The third kappa shape index (κ3) is 2.63. The number of hydrogen-bond acceptors (Lipinski definition) is 2. The minimum Gasteiger partial charge on any atom is -0.507 e. The van der Waals surface area contributed by atoms with Crippen molar-refractivity contribution in [1.29, 1.82) is 0 Å². The molecule has 0 heterocycles. The monoisotopic (exact) mass is 342 g/mol. The Labute approximate surface area is 152 Å². The number of aliphatic hydroxyl groups is 1. The molecule has 4 aliphatic carbocycles. The Morgan fingerprint density at radius 2 is 1.60 bits per heavy atom. The second-order valence-corrected chi connectivity index (χ2v) is 11.4. The molecule has 4 aliphatic rings. The predicted molar refractivity (Wildman–Crippen MR) is 102 cm³/mol. The number of rotatable bonds is 2. The largest absolute Gasteiger partial charge is 0.507 e. The van der Waals surface area contributed by atoms with Gasteiger partial charge in [-0.05, 0) is 72.3 Å². The molecule has 4 bridgehead atoms. The van der Waals surface area contributed by atoms with E-state index in [1.54, 1.807) is 0 Å². The van der Waals surface area contributed by atoms with Gasteiger partial charge in [-0.1, -0.05) is 40.7 Å². The maximum atomic E-state index is 11.0. The summed E-state index contributed by atoms with van der Waals surface area (Å²) < 4.78 is 0. The summed E-state index contributed by atoms with van der Waals surface area (Å²) in [7, 11) is 0. The summed E-state index contributed by atoms with van der Waals surface area (Å²) in [5.74, 6) is 1.16. The minimum atomic E-state index is -0.0865. The van der Waals surface area contributed by atoms with Crippen LogP contribution in [0.1, 0.15) is 89.8 Å². The second kappa shape index (κ2) is 5.03. The van der Waals surface area contributed by atoms with Gasteiger partial charge in [-0.2, -0.15) is 0 Å². The van der Waals surface area contributed by atoms with Gasteiger partial charge in [-0.15, -0.1) is 0 Å². The molecule has 0 amide bonds. The SMILES string of the molecule is CC12CC3CC(C)(C1)CC(c1cc(C(C)(C)C)cc(CO)c1O)(C3)C2. The van der Waals surface area contributed by atoms with Crippen LogP contribution in [0.2, 0.25) is 0 Å². The Bertz CT molecular complexity index is 694. The van der Waals surface area contributed by atoms with Crippen LogP contribution in [-0.2, 0) is 17.4 Å². The number of hydrogen-bond donors (Lipinski definition) is 2. The Balaban J connectivity index is 1.89. The fourth-order valence-corrected chi connectivity index (χ4v) is 7.40. The van der Waals surface area contributed by atoms with E-state index in [0.717, 1.165) is 11.5 Å². The molecule has 2 heteroatoms. The van der Waals surface area contributed by atoms with Gasteiger partial charge in [-0.25, -0.2) is 0 Å². The number of benzene rings is 1. The van der Waals surface area contributed by atoms with E-state index < -0.39 is 0 Å². The third-order valence-electron chi connectivity index (χ3n) is 7.42. The molecule has 1 aromatic rings. The molecule has 138 valence electrons. The number of aliphatic hydroxyl groups excluding tert-OH is 1. The lowest BCUT2D eigenvalue weighted by Crippen LogP contribution is -2.56. The maximum Gasteiger partial charge on any atom is 0.124 e. The molecule has 25 heavy (non-hydrogen) atoms. The zero-order valence-electron chi connectivity index (χ0n) is 16.6. The van der Waals surface area contributed by atoms with E-state index in [0.29, 0.717) is 22.1 Å². The first-order valence-electron chi connectivity index (χ1n) is 9.95. The Morgan fingerprint density at radius 1 is 1.00 bits per heavy atom. The molecule has 0 radical (unpaired) electrons. The molecule has 4 saturated carbocycles. The minimum absolute atomic E-state index is 0.0163. The van der Waals surface area contributed by atoms with Crippen LogP contribution < -0.4 is 0 Å². The first kappa shape index (κ1) is 17.4. The molecule has 5 rings (SSSR count). The summed E-state index contributed by atoms with van der Waals surface area (Å²) in [4.78, 5) is 0. The van der Waals surface area contributed by atoms with Crippen LogP contribution in [0.3, 0.4) is 0 Å². The normalized spacial score (nSPS) is 39.8. The van der Waals surface area contributed by atoms with Crippen LogP contribution in [0.15, 0.2) is 12.1 Å². The third-order valence-corrected chi connectivity index (χ3v) is 7.42. The van der Waals surface area contributed by atoms with Crippen molar-refractivity contribution in [1.82, 2.24) is 0 Å². The molecule has 0 saturated heterocycles. The van der Waals surface area contributed by atoms with Gasteiger partial charge >= 0.3 is 0 Å². The zero-order valence-corrected chi connectivity index (χ0v) is 16.6. The molecular formula is C23H34O2. The lowest BCUT2D eigenvalue weighted by atomic mass is 9.39. The van der Waals surface area contributed by atoms with E-state index >= 15 is 0 Å². The van der Waals surface area contributed by atoms with Crippen molar-refractivity contribution < 1.29 is 10.2 Å². The molecule has 0 aliphatic heterocycles. The Kier molecular flexibility index (Phi) is 3.50. The molecule has 0 aromatic heterocycles. The van der Waals surface area contributed by atoms with Gasteiger partial charge in [0.15, 0.2) is 0 Å². The second-order valence-electron chi connectivity index (χ2n) is 11.4. The van der Waals surface area contributed by atoms with Crippen molar-refractivity contribution in [2.24, 2.45) is 16.7 Å². The number of phenols is 1. The van der Waals surface area contributed by atoms with Crippen LogP contribution in [0.25, 0.3) is 0 Å². The lowest BCUT2D eigenvalue weighted by molar-refractivity contribution is -0.110. The lowest BCUT2D eigenvalue weighted by Gasteiger charge is -2.65. The summed E-state index contributed by atoms with van der Waals surface area (Å²) in [5.41, 5.74) is 4.00. The quantitative estimate of drug-likeness (QED) is 0.752. The van der Waals surface area contributed by atoms with Crippen molar-refractivity contribution in [2.75, 3.05) is 0 Å². The van der Waals surface area contributed by atoms with Gasteiger partial charge in [0.05, 0.1) is 6.61 Å². The highest BCUT2D eigenvalue weighted by atomic mass is 16.3. The van der Waals surface area contributed by atoms with Crippen molar-refractivity contribution in [3.05, 3.63) is 28.8 Å². The molecule has 0 spiro atoms. The molecule has 1 aromatic carbocycles. The summed E-state index contributed by atoms with van der Waals surface area (Å²) in [6, 6.07) is 4.27. The van der Waals surface area contributed by atoms with E-state index in [1.807, 2.05) is 6.07 Å². The first-order chi connectivity index (χ1) is 11.5. The highest BCUT2D eigenvalue weighted by molar-refractivity contribution is 5.50. The topological polar surface area (TPSA) is 40.5 Å². The molecular weight excluding hydrogens is 308 g/mol. The van der Waals surface area contributed by atoms with Gasteiger partial charge < -0.3 is 10.2 Å². The molecule has 2 N–H and O–H groups in total. The van der Waals surface area contributed by atoms with Crippen molar-refractivity contribution in [3.8, 4) is 5.75 Å². The highest BCUT2D eigenvalue weighted by Gasteiger charge is 2.61. The van der Waals surface area contributed by atoms with E-state index in [-0.39, 0.29) is 17.4 Å². The first-order valence-corrected chi connectivity index (χ1v) is 9.95. The fraction of sp³-hybridized carbons (Fsp3) is 0.739. The van der Waals surface area contributed by atoms with Crippen LogP contribution in [0.4, 0.5) is 0 Å². The predicted octanol–water partition coefficient (Wildman–Crippen LogP) is 5.43. The van der Waals surface area contributed by atoms with E-state index in [4.69, 9.17) is 0 Å². The Morgan fingerprint density at radius 3 is 2.08 bits per heavy atom. The van der Waals surface area contributed by atoms with Crippen molar-refractivity contribution >= 4 is 0 Å². The van der Waals surface area contributed by atoms with E-state index in [2.05, 4.69) is 40.7 Å². The summed E-state index contributed by atoms with van der Waals surface area (Å²) in [6.07, 6.45) is 7.65. The number of aromatic hydroxyl groups is 1. The van der Waals surface area contributed by atoms with E-state index in [9.17, 15) is 10.2 Å². The zero-order chi connectivity index (χ0) is 18.3. The molecule has 2 atom stereocenters. The molecule has 2 nitrogen and oxygen atoms in total. The van der Waals surface area contributed by atoms with Gasteiger partial charge in [0, 0.05) is 16.5 Å². The maximum absolute atomic E-state index is 11.0. The van der Waals surface area contributed by atoms with Gasteiger partial charge in [0.2, 0.25) is 0 Å². The summed E-state index contributed by atoms with van der Waals surface area (Å²) in [5, 5.41) is 20.9. The van der Waals surface area contributed by atoms with Gasteiger partial charge in [0.1, 0.15) is 5.75 Å². The van der Waals surface area contributed by atoms with Gasteiger partial charge in [0.25, 0.3) is 0 Å². The Hall–Kier alpha value is -1.02. The van der Waals surface area contributed by atoms with Crippen LogP contribution in [-0.4, -0.2) is 10.2 Å².